The van der Waals surface area contributed by atoms with E-state index in [0.29, 0.717) is 0 Å². The standard InChI is InChI=1S/C5H8O4.C2H7NO/c6-4(7)2-1-3-5(8)9;1-2(3)4/h1-3H2,(H,6,7)(H,8,9);2,4H,3H2,1H3. The second-order valence-corrected chi connectivity index (χ2v) is 2.38. The third-order valence-electron chi connectivity index (χ3n) is 0.781. The Morgan fingerprint density at radius 3 is 1.62 bits per heavy atom. The van der Waals surface area contributed by atoms with Crippen molar-refractivity contribution in [3.63, 3.8) is 0 Å². The molecular formula is C7H15NO5. The number of rotatable bonds is 4. The average molecular weight is 193 g/mol. The molecule has 0 heterocycles. The molecule has 6 heteroatoms. The van der Waals surface area contributed by atoms with Crippen molar-refractivity contribution in [2.75, 3.05) is 0 Å². The molecule has 78 valence electrons. The topological polar surface area (TPSA) is 121 Å². The highest BCUT2D eigenvalue weighted by Gasteiger charge is 1.99. The predicted molar refractivity (Wildman–Crippen MR) is 45.0 cm³/mol. The highest BCUT2D eigenvalue weighted by Crippen LogP contribution is 1.93. The van der Waals surface area contributed by atoms with E-state index in [0.717, 1.165) is 0 Å². The van der Waals surface area contributed by atoms with Gasteiger partial charge in [-0.2, -0.15) is 0 Å². The minimum absolute atomic E-state index is 0.0632. The van der Waals surface area contributed by atoms with Crippen molar-refractivity contribution in [1.29, 1.82) is 0 Å². The first-order valence-electron chi connectivity index (χ1n) is 3.73. The first-order chi connectivity index (χ1) is 5.86. The number of hydrogen-bond acceptors (Lipinski definition) is 4. The van der Waals surface area contributed by atoms with Crippen molar-refractivity contribution in [3.8, 4) is 0 Å². The molecule has 1 atom stereocenters. The molecule has 0 bridgehead atoms. The zero-order valence-electron chi connectivity index (χ0n) is 7.43. The highest BCUT2D eigenvalue weighted by atomic mass is 16.4. The number of carboxylic acids is 2. The predicted octanol–water partition coefficient (Wildman–Crippen LogP) is -0.391. The molecule has 13 heavy (non-hydrogen) atoms. The van der Waals surface area contributed by atoms with Crippen LogP contribution in [-0.4, -0.2) is 33.5 Å². The van der Waals surface area contributed by atoms with E-state index >= 15 is 0 Å². The van der Waals surface area contributed by atoms with Gasteiger partial charge in [0.15, 0.2) is 0 Å². The van der Waals surface area contributed by atoms with E-state index < -0.39 is 18.2 Å². The Morgan fingerprint density at radius 2 is 1.46 bits per heavy atom. The van der Waals surface area contributed by atoms with Crippen LogP contribution in [0.15, 0.2) is 0 Å². The van der Waals surface area contributed by atoms with Crippen LogP contribution in [0.25, 0.3) is 0 Å². The second-order valence-electron chi connectivity index (χ2n) is 2.38. The van der Waals surface area contributed by atoms with E-state index in [2.05, 4.69) is 5.73 Å². The van der Waals surface area contributed by atoms with Crippen molar-refractivity contribution in [2.45, 2.75) is 32.4 Å². The summed E-state index contributed by atoms with van der Waals surface area (Å²) in [5.74, 6) is -1.90. The van der Waals surface area contributed by atoms with Crippen molar-refractivity contribution in [3.05, 3.63) is 0 Å². The molecule has 0 aromatic heterocycles. The summed E-state index contributed by atoms with van der Waals surface area (Å²) < 4.78 is 0. The molecule has 0 aromatic rings. The van der Waals surface area contributed by atoms with Crippen LogP contribution in [0.3, 0.4) is 0 Å². The normalized spacial score (nSPS) is 11.0. The Hall–Kier alpha value is -1.14. The summed E-state index contributed by atoms with van der Waals surface area (Å²) in [6, 6.07) is 0. The fourth-order valence-electron chi connectivity index (χ4n) is 0.391. The van der Waals surface area contributed by atoms with Crippen LogP contribution in [0.1, 0.15) is 26.2 Å². The van der Waals surface area contributed by atoms with Gasteiger partial charge in [-0.1, -0.05) is 0 Å². The van der Waals surface area contributed by atoms with Gasteiger partial charge < -0.3 is 21.1 Å². The van der Waals surface area contributed by atoms with Gasteiger partial charge in [-0.15, -0.1) is 0 Å². The van der Waals surface area contributed by atoms with Crippen molar-refractivity contribution in [2.24, 2.45) is 5.73 Å². The van der Waals surface area contributed by atoms with Crippen LogP contribution in [0.4, 0.5) is 0 Å². The van der Waals surface area contributed by atoms with Crippen molar-refractivity contribution >= 4 is 11.9 Å². The van der Waals surface area contributed by atoms with Gasteiger partial charge in [0, 0.05) is 12.8 Å². The van der Waals surface area contributed by atoms with Crippen molar-refractivity contribution < 1.29 is 24.9 Å². The minimum Gasteiger partial charge on any atom is -0.481 e. The van der Waals surface area contributed by atoms with E-state index in [9.17, 15) is 9.59 Å². The van der Waals surface area contributed by atoms with E-state index in [1.807, 2.05) is 0 Å². The number of hydrogen-bond donors (Lipinski definition) is 4. The minimum atomic E-state index is -0.948. The fourth-order valence-corrected chi connectivity index (χ4v) is 0.391. The van der Waals surface area contributed by atoms with Crippen LogP contribution in [0, 0.1) is 0 Å². The summed E-state index contributed by atoms with van der Waals surface area (Å²) in [5.41, 5.74) is 4.67. The Balaban J connectivity index is 0. The quantitative estimate of drug-likeness (QED) is 0.451. The molecule has 0 aliphatic rings. The maximum atomic E-state index is 9.79. The van der Waals surface area contributed by atoms with Gasteiger partial charge in [0.05, 0.1) is 6.23 Å². The van der Waals surface area contributed by atoms with E-state index in [4.69, 9.17) is 15.3 Å². The number of carboxylic acid groups (broad SMARTS) is 2. The largest absolute Gasteiger partial charge is 0.481 e. The first kappa shape index (κ1) is 14.4. The van der Waals surface area contributed by atoms with Gasteiger partial charge >= 0.3 is 11.9 Å². The van der Waals surface area contributed by atoms with Crippen LogP contribution in [0.5, 0.6) is 0 Å². The lowest BCUT2D eigenvalue weighted by Crippen LogP contribution is -2.11. The smallest absolute Gasteiger partial charge is 0.303 e. The summed E-state index contributed by atoms with van der Waals surface area (Å²) in [6.07, 6.45) is -0.580. The Morgan fingerprint density at radius 1 is 1.23 bits per heavy atom. The zero-order chi connectivity index (χ0) is 10.9. The maximum Gasteiger partial charge on any atom is 0.303 e. The molecule has 0 saturated heterocycles. The van der Waals surface area contributed by atoms with Crippen LogP contribution < -0.4 is 5.73 Å². The van der Waals surface area contributed by atoms with Crippen LogP contribution in [0.2, 0.25) is 0 Å². The third kappa shape index (κ3) is 36.1. The molecule has 0 aliphatic heterocycles. The average Bonchev–Trinajstić information content (AvgIpc) is 1.83. The molecule has 0 rings (SSSR count). The van der Waals surface area contributed by atoms with E-state index in [1.165, 1.54) is 6.92 Å². The molecule has 0 radical (unpaired) electrons. The Bertz CT molecular complexity index is 140. The van der Waals surface area contributed by atoms with Crippen LogP contribution >= 0.6 is 0 Å². The fraction of sp³-hybridized carbons (Fsp3) is 0.714. The van der Waals surface area contributed by atoms with Gasteiger partial charge in [-0.05, 0) is 13.3 Å². The summed E-state index contributed by atoms with van der Waals surface area (Å²) in [7, 11) is 0. The molecule has 1 unspecified atom stereocenters. The third-order valence-corrected chi connectivity index (χ3v) is 0.781. The lowest BCUT2D eigenvalue weighted by Gasteiger charge is -1.89. The highest BCUT2D eigenvalue weighted by molar-refractivity contribution is 5.69. The lowest BCUT2D eigenvalue weighted by molar-refractivity contribution is -0.138. The molecule has 0 amide bonds. The monoisotopic (exact) mass is 193 g/mol. The summed E-state index contributed by atoms with van der Waals surface area (Å²) >= 11 is 0. The summed E-state index contributed by atoms with van der Waals surface area (Å²) in [4.78, 5) is 19.6. The summed E-state index contributed by atoms with van der Waals surface area (Å²) in [6.45, 7) is 1.50. The Kier molecular flexibility index (Phi) is 9.91. The summed E-state index contributed by atoms with van der Waals surface area (Å²) in [5, 5.41) is 23.9. The Labute approximate surface area is 76.0 Å². The molecule has 6 nitrogen and oxygen atoms in total. The van der Waals surface area contributed by atoms with Gasteiger partial charge in [0.2, 0.25) is 0 Å². The van der Waals surface area contributed by atoms with Gasteiger partial charge in [-0.25, -0.2) is 0 Å². The van der Waals surface area contributed by atoms with Gasteiger partial charge in [-0.3, -0.25) is 9.59 Å². The van der Waals surface area contributed by atoms with E-state index in [-0.39, 0.29) is 19.3 Å². The maximum absolute atomic E-state index is 9.79. The lowest BCUT2D eigenvalue weighted by atomic mass is 10.2. The molecule has 0 aliphatic carbocycles. The molecule has 0 saturated carbocycles. The number of carbonyl (C=O) groups is 2. The molecular weight excluding hydrogens is 178 g/mol. The number of aliphatic hydroxyl groups is 1. The van der Waals surface area contributed by atoms with Gasteiger partial charge in [0.1, 0.15) is 0 Å². The zero-order valence-corrected chi connectivity index (χ0v) is 7.43. The molecule has 5 N–H and O–H groups in total. The number of aliphatic carboxylic acids is 2. The van der Waals surface area contributed by atoms with Crippen LogP contribution in [-0.2, 0) is 9.59 Å². The van der Waals surface area contributed by atoms with E-state index in [1.54, 1.807) is 0 Å². The van der Waals surface area contributed by atoms with Crippen molar-refractivity contribution in [1.82, 2.24) is 0 Å². The number of aliphatic hydroxyl groups excluding tert-OH is 1. The molecule has 0 spiro atoms. The molecule has 0 aromatic carbocycles. The molecule has 0 fully saturated rings. The van der Waals surface area contributed by atoms with Gasteiger partial charge in [0.25, 0.3) is 0 Å². The first-order valence-corrected chi connectivity index (χ1v) is 3.73. The SMILES string of the molecule is CC(N)O.O=C(O)CCCC(=O)O. The second kappa shape index (κ2) is 8.95. The number of nitrogens with two attached hydrogens (primary N) is 1.